The Morgan fingerprint density at radius 3 is 2.50 bits per heavy atom. The van der Waals surface area contributed by atoms with Crippen LogP contribution in [0.4, 0.5) is 11.4 Å². The van der Waals surface area contributed by atoms with E-state index in [9.17, 15) is 10.1 Å². The van der Waals surface area contributed by atoms with Crippen molar-refractivity contribution in [2.45, 2.75) is 6.42 Å². The molecule has 0 spiro atoms. The van der Waals surface area contributed by atoms with Crippen LogP contribution in [-0.4, -0.2) is 19.5 Å². The minimum absolute atomic E-state index is 0.0181. The summed E-state index contributed by atoms with van der Waals surface area (Å²) < 4.78 is 0. The molecule has 26 heavy (non-hydrogen) atoms. The molecule has 0 aromatic heterocycles. The smallest absolute Gasteiger partial charge is 0.266 e. The van der Waals surface area contributed by atoms with Crippen molar-refractivity contribution >= 4 is 35.0 Å². The Labute approximate surface area is 157 Å². The lowest BCUT2D eigenvalue weighted by Gasteiger charge is -2.17. The van der Waals surface area contributed by atoms with Crippen molar-refractivity contribution in [3.05, 3.63) is 64.7 Å². The molecule has 2 rings (SSSR count). The summed E-state index contributed by atoms with van der Waals surface area (Å²) in [7, 11) is 1.90. The predicted molar refractivity (Wildman–Crippen MR) is 104 cm³/mol. The SMILES string of the molecule is CN(CCC#N)c1ccc(C=C(C#N)C(=O)Nc2ccccc2Cl)cc1. The van der Waals surface area contributed by atoms with Gasteiger partial charge < -0.3 is 10.2 Å². The number of nitrogens with one attached hydrogen (secondary N) is 1. The van der Waals surface area contributed by atoms with Gasteiger partial charge >= 0.3 is 0 Å². The van der Waals surface area contributed by atoms with Crippen LogP contribution in [0.2, 0.25) is 5.02 Å². The summed E-state index contributed by atoms with van der Waals surface area (Å²) in [5.74, 6) is -0.518. The summed E-state index contributed by atoms with van der Waals surface area (Å²) in [5.41, 5.74) is 2.12. The van der Waals surface area contributed by atoms with E-state index in [0.29, 0.717) is 23.7 Å². The molecule has 0 saturated carbocycles. The summed E-state index contributed by atoms with van der Waals surface area (Å²) in [6.45, 7) is 0.634. The molecule has 1 N–H and O–H groups in total. The van der Waals surface area contributed by atoms with E-state index in [4.69, 9.17) is 16.9 Å². The molecule has 0 radical (unpaired) electrons. The lowest BCUT2D eigenvalue weighted by Crippen LogP contribution is -2.17. The first kappa shape index (κ1) is 19.1. The molecule has 2 aromatic rings. The van der Waals surface area contributed by atoms with Crippen LogP contribution in [0.15, 0.2) is 54.1 Å². The fraction of sp³-hybridized carbons (Fsp3) is 0.150. The Balaban J connectivity index is 2.13. The van der Waals surface area contributed by atoms with Crippen LogP contribution in [-0.2, 0) is 4.79 Å². The summed E-state index contributed by atoms with van der Waals surface area (Å²) in [6, 6.07) is 18.3. The first-order valence-electron chi connectivity index (χ1n) is 7.91. The average molecular weight is 365 g/mol. The number of rotatable bonds is 6. The molecule has 5 nitrogen and oxygen atoms in total. The van der Waals surface area contributed by atoms with Crippen LogP contribution in [0, 0.1) is 22.7 Å². The van der Waals surface area contributed by atoms with Gasteiger partial charge in [-0.2, -0.15) is 10.5 Å². The molecular weight excluding hydrogens is 348 g/mol. The number of amides is 1. The number of benzene rings is 2. The number of nitriles is 2. The molecule has 0 bridgehead atoms. The Kier molecular flexibility index (Phi) is 6.79. The lowest BCUT2D eigenvalue weighted by atomic mass is 10.1. The second-order valence-electron chi connectivity index (χ2n) is 5.52. The monoisotopic (exact) mass is 364 g/mol. The normalized spacial score (nSPS) is 10.5. The Hall–Kier alpha value is -3.28. The van der Waals surface area contributed by atoms with Crippen LogP contribution < -0.4 is 10.2 Å². The van der Waals surface area contributed by atoms with E-state index in [1.54, 1.807) is 24.3 Å². The lowest BCUT2D eigenvalue weighted by molar-refractivity contribution is -0.112. The van der Waals surface area contributed by atoms with Crippen molar-refractivity contribution in [3.8, 4) is 12.1 Å². The number of para-hydroxylation sites is 1. The maximum absolute atomic E-state index is 12.3. The maximum Gasteiger partial charge on any atom is 0.266 e. The topological polar surface area (TPSA) is 79.9 Å². The highest BCUT2D eigenvalue weighted by atomic mass is 35.5. The predicted octanol–water partition coefficient (Wildman–Crippen LogP) is 4.24. The first-order chi connectivity index (χ1) is 12.5. The molecule has 0 aliphatic rings. The molecule has 0 saturated heterocycles. The number of hydrogen-bond acceptors (Lipinski definition) is 4. The highest BCUT2D eigenvalue weighted by Crippen LogP contribution is 2.21. The number of nitrogens with zero attached hydrogens (tertiary/aromatic N) is 3. The third kappa shape index (κ3) is 5.11. The second kappa shape index (κ2) is 9.27. The van der Waals surface area contributed by atoms with E-state index < -0.39 is 5.91 Å². The van der Waals surface area contributed by atoms with Gasteiger partial charge in [0.05, 0.1) is 23.2 Å². The quantitative estimate of drug-likeness (QED) is 0.614. The fourth-order valence-corrected chi connectivity index (χ4v) is 2.42. The Morgan fingerprint density at radius 1 is 1.19 bits per heavy atom. The number of hydrogen-bond donors (Lipinski definition) is 1. The van der Waals surface area contributed by atoms with E-state index in [-0.39, 0.29) is 5.57 Å². The summed E-state index contributed by atoms with van der Waals surface area (Å²) in [5, 5.41) is 21.0. The second-order valence-corrected chi connectivity index (χ2v) is 5.93. The molecular formula is C20H17ClN4O. The van der Waals surface area contributed by atoms with Crippen LogP contribution in [0.3, 0.4) is 0 Å². The van der Waals surface area contributed by atoms with Gasteiger partial charge in [0.15, 0.2) is 0 Å². The minimum Gasteiger partial charge on any atom is -0.374 e. The van der Waals surface area contributed by atoms with Gasteiger partial charge in [-0.25, -0.2) is 0 Å². The van der Waals surface area contributed by atoms with Crippen molar-refractivity contribution < 1.29 is 4.79 Å². The van der Waals surface area contributed by atoms with Gasteiger partial charge in [-0.1, -0.05) is 35.9 Å². The van der Waals surface area contributed by atoms with E-state index >= 15 is 0 Å². The largest absolute Gasteiger partial charge is 0.374 e. The van der Waals surface area contributed by atoms with Gasteiger partial charge in [0.1, 0.15) is 11.6 Å². The van der Waals surface area contributed by atoms with Gasteiger partial charge in [-0.05, 0) is 35.9 Å². The Morgan fingerprint density at radius 2 is 1.88 bits per heavy atom. The van der Waals surface area contributed by atoms with Crippen molar-refractivity contribution in [1.82, 2.24) is 0 Å². The van der Waals surface area contributed by atoms with Gasteiger partial charge in [0.25, 0.3) is 5.91 Å². The zero-order chi connectivity index (χ0) is 18.9. The zero-order valence-electron chi connectivity index (χ0n) is 14.2. The first-order valence-corrected chi connectivity index (χ1v) is 8.28. The van der Waals surface area contributed by atoms with E-state index in [1.807, 2.05) is 42.3 Å². The molecule has 0 unspecified atom stereocenters. The highest BCUT2D eigenvalue weighted by molar-refractivity contribution is 6.34. The molecule has 0 aliphatic carbocycles. The molecule has 0 atom stereocenters. The number of halogens is 1. The number of anilines is 2. The highest BCUT2D eigenvalue weighted by Gasteiger charge is 2.11. The molecule has 0 heterocycles. The third-order valence-corrected chi connectivity index (χ3v) is 4.02. The van der Waals surface area contributed by atoms with Crippen molar-refractivity contribution in [2.24, 2.45) is 0 Å². The summed E-state index contributed by atoms with van der Waals surface area (Å²) in [4.78, 5) is 14.3. The van der Waals surface area contributed by atoms with Crippen LogP contribution in [0.5, 0.6) is 0 Å². The molecule has 6 heteroatoms. The summed E-state index contributed by atoms with van der Waals surface area (Å²) in [6.07, 6.45) is 1.96. The maximum atomic E-state index is 12.3. The van der Waals surface area contributed by atoms with E-state index in [2.05, 4.69) is 11.4 Å². The van der Waals surface area contributed by atoms with Crippen LogP contribution >= 0.6 is 11.6 Å². The van der Waals surface area contributed by atoms with Gasteiger partial charge in [0, 0.05) is 19.3 Å². The van der Waals surface area contributed by atoms with Crippen molar-refractivity contribution in [2.75, 3.05) is 23.8 Å². The standard InChI is InChI=1S/C20H17ClN4O/c1-25(12-4-11-22)17-9-7-15(8-10-17)13-16(14-23)20(26)24-19-6-3-2-5-18(19)21/h2-3,5-10,13H,4,12H2,1H3,(H,24,26). The summed E-state index contributed by atoms with van der Waals surface area (Å²) >= 11 is 6.02. The molecule has 0 fully saturated rings. The van der Waals surface area contributed by atoms with E-state index in [0.717, 1.165) is 11.3 Å². The molecule has 130 valence electrons. The van der Waals surface area contributed by atoms with Gasteiger partial charge in [-0.15, -0.1) is 0 Å². The van der Waals surface area contributed by atoms with E-state index in [1.165, 1.54) is 6.08 Å². The number of carbonyl (C=O) groups excluding carboxylic acids is 1. The zero-order valence-corrected chi connectivity index (χ0v) is 15.0. The minimum atomic E-state index is -0.518. The molecule has 1 amide bonds. The third-order valence-electron chi connectivity index (χ3n) is 3.69. The van der Waals surface area contributed by atoms with Crippen LogP contribution in [0.1, 0.15) is 12.0 Å². The molecule has 2 aromatic carbocycles. The van der Waals surface area contributed by atoms with Crippen molar-refractivity contribution in [1.29, 1.82) is 10.5 Å². The van der Waals surface area contributed by atoms with Gasteiger partial charge in [0.2, 0.25) is 0 Å². The number of carbonyl (C=O) groups is 1. The van der Waals surface area contributed by atoms with Crippen LogP contribution in [0.25, 0.3) is 6.08 Å². The fourth-order valence-electron chi connectivity index (χ4n) is 2.24. The van der Waals surface area contributed by atoms with Crippen molar-refractivity contribution in [3.63, 3.8) is 0 Å². The molecule has 0 aliphatic heterocycles. The average Bonchev–Trinajstić information content (AvgIpc) is 2.66. The van der Waals surface area contributed by atoms with Gasteiger partial charge in [-0.3, -0.25) is 4.79 Å². The Bertz CT molecular complexity index is 891.